The fourth-order valence-electron chi connectivity index (χ4n) is 2.43. The zero-order valence-electron chi connectivity index (χ0n) is 14.2. The lowest BCUT2D eigenvalue weighted by molar-refractivity contribution is -0.143. The molecule has 0 radical (unpaired) electrons. The number of hydrogen-bond donors (Lipinski definition) is 1. The number of alkyl halides is 6. The van der Waals surface area contributed by atoms with Crippen molar-refractivity contribution < 1.29 is 35.9 Å². The first kappa shape index (κ1) is 23.8. The molecule has 154 valence electrons. The van der Waals surface area contributed by atoms with Crippen LogP contribution in [-0.2, 0) is 28.5 Å². The molecule has 3 nitrogen and oxygen atoms in total. The lowest BCUT2D eigenvalue weighted by atomic mass is 9.99. The maximum absolute atomic E-state index is 12.8. The van der Waals surface area contributed by atoms with Crippen LogP contribution in [0.2, 0.25) is 0 Å². The van der Waals surface area contributed by atoms with Crippen LogP contribution in [0.5, 0.6) is 0 Å². The van der Waals surface area contributed by atoms with Crippen molar-refractivity contribution in [3.05, 3.63) is 70.8 Å². The summed E-state index contributed by atoms with van der Waals surface area (Å²) in [5.41, 5.74) is 2.66. The second-order valence-corrected chi connectivity index (χ2v) is 5.79. The van der Waals surface area contributed by atoms with Crippen LogP contribution in [0.15, 0.2) is 48.5 Å². The molecule has 0 saturated carbocycles. The maximum Gasteiger partial charge on any atom is 0.416 e. The first-order chi connectivity index (χ1) is 12.5. The fourth-order valence-corrected chi connectivity index (χ4v) is 2.43. The minimum atomic E-state index is -4.93. The van der Waals surface area contributed by atoms with Gasteiger partial charge in [-0.2, -0.15) is 26.3 Å². The quantitative estimate of drug-likeness (QED) is 0.664. The number of carbonyl (C=O) groups excluding carboxylic acids is 1. The highest BCUT2D eigenvalue weighted by Crippen LogP contribution is 2.36. The molecule has 2 aromatic carbocycles. The van der Waals surface area contributed by atoms with Gasteiger partial charge in [0.15, 0.2) is 0 Å². The largest absolute Gasteiger partial charge is 0.416 e. The number of amides is 1. The second kappa shape index (κ2) is 9.29. The summed E-state index contributed by atoms with van der Waals surface area (Å²) in [5, 5.41) is 0. The van der Waals surface area contributed by atoms with Crippen molar-refractivity contribution in [1.82, 2.24) is 0 Å². The number of primary amides is 1. The molecule has 0 fully saturated rings. The summed E-state index contributed by atoms with van der Waals surface area (Å²) in [4.78, 5) is 11.6. The molecule has 10 heteroatoms. The first-order valence-electron chi connectivity index (χ1n) is 7.69. The molecule has 0 bridgehead atoms. The van der Waals surface area contributed by atoms with Gasteiger partial charge in [0.2, 0.25) is 5.91 Å². The maximum atomic E-state index is 12.8. The van der Waals surface area contributed by atoms with Crippen molar-refractivity contribution in [2.24, 2.45) is 5.73 Å². The molecule has 0 spiro atoms. The van der Waals surface area contributed by atoms with Crippen LogP contribution in [0.4, 0.5) is 26.3 Å². The van der Waals surface area contributed by atoms with E-state index in [1.54, 1.807) is 30.3 Å². The van der Waals surface area contributed by atoms with Gasteiger partial charge in [-0.3, -0.25) is 4.79 Å². The zero-order chi connectivity index (χ0) is 20.2. The van der Waals surface area contributed by atoms with E-state index in [9.17, 15) is 31.1 Å². The molecule has 2 rings (SSSR count). The van der Waals surface area contributed by atoms with Gasteiger partial charge in [0, 0.05) is 0 Å². The van der Waals surface area contributed by atoms with Gasteiger partial charge in [0.1, 0.15) is 0 Å². The molecule has 28 heavy (non-hydrogen) atoms. The highest BCUT2D eigenvalue weighted by atomic mass is 35.5. The number of hydrogen-bond acceptors (Lipinski definition) is 2. The van der Waals surface area contributed by atoms with Gasteiger partial charge in [0.25, 0.3) is 0 Å². The fraction of sp³-hybridized carbons (Fsp3) is 0.278. The van der Waals surface area contributed by atoms with Crippen molar-refractivity contribution in [2.45, 2.75) is 24.9 Å². The molecule has 0 aliphatic rings. The smallest absolute Gasteiger partial charge is 0.376 e. The van der Waals surface area contributed by atoms with Crippen LogP contribution in [0.25, 0.3) is 0 Å². The molecule has 1 atom stereocenters. The molecule has 0 saturated heterocycles. The topological polar surface area (TPSA) is 52.3 Å². The minimum Gasteiger partial charge on any atom is -0.376 e. The Balaban J connectivity index is 0.00000392. The monoisotopic (exact) mass is 427 g/mol. The van der Waals surface area contributed by atoms with Crippen molar-refractivity contribution in [2.75, 3.05) is 6.61 Å². The predicted molar refractivity (Wildman–Crippen MR) is 91.7 cm³/mol. The number of benzene rings is 2. The molecule has 0 aliphatic heterocycles. The van der Waals surface area contributed by atoms with Crippen LogP contribution >= 0.6 is 12.4 Å². The Labute approximate surface area is 162 Å². The van der Waals surface area contributed by atoms with Crippen molar-refractivity contribution in [1.29, 1.82) is 0 Å². The lowest BCUT2D eigenvalue weighted by Gasteiger charge is -2.16. The Hall–Kier alpha value is -2.26. The van der Waals surface area contributed by atoms with Gasteiger partial charge < -0.3 is 10.5 Å². The van der Waals surface area contributed by atoms with Crippen LogP contribution in [0.1, 0.15) is 28.2 Å². The predicted octanol–water partition coefficient (Wildman–Crippen LogP) is 4.93. The summed E-state index contributed by atoms with van der Waals surface area (Å²) < 4.78 is 82.3. The van der Waals surface area contributed by atoms with Crippen molar-refractivity contribution >= 4 is 18.3 Å². The molecule has 2 N–H and O–H groups in total. The average molecular weight is 428 g/mol. The Morgan fingerprint density at radius 1 is 0.929 bits per heavy atom. The minimum absolute atomic E-state index is 0. The molecular weight excluding hydrogens is 412 g/mol. The van der Waals surface area contributed by atoms with E-state index in [0.29, 0.717) is 17.7 Å². The third-order valence-corrected chi connectivity index (χ3v) is 3.75. The van der Waals surface area contributed by atoms with Crippen molar-refractivity contribution in [3.63, 3.8) is 0 Å². The van der Waals surface area contributed by atoms with Gasteiger partial charge in [-0.05, 0) is 29.3 Å². The lowest BCUT2D eigenvalue weighted by Crippen LogP contribution is -2.25. The number of rotatable bonds is 6. The summed E-state index contributed by atoms with van der Waals surface area (Å²) in [7, 11) is 0. The van der Waals surface area contributed by atoms with Gasteiger partial charge in [0.05, 0.1) is 30.3 Å². The Bertz CT molecular complexity index is 761. The highest BCUT2D eigenvalue weighted by molar-refractivity contribution is 5.85. The van der Waals surface area contributed by atoms with Crippen LogP contribution in [0.3, 0.4) is 0 Å². The Kier molecular flexibility index (Phi) is 7.89. The average Bonchev–Trinajstić information content (AvgIpc) is 2.57. The second-order valence-electron chi connectivity index (χ2n) is 5.79. The van der Waals surface area contributed by atoms with E-state index in [1.807, 2.05) is 0 Å². The first-order valence-corrected chi connectivity index (χ1v) is 7.69. The van der Waals surface area contributed by atoms with E-state index < -0.39 is 41.9 Å². The molecule has 1 unspecified atom stereocenters. The molecular formula is C18H16ClF6NO2. The highest BCUT2D eigenvalue weighted by Gasteiger charge is 2.36. The normalized spacial score (nSPS) is 12.9. The molecule has 0 heterocycles. The van der Waals surface area contributed by atoms with E-state index in [0.717, 1.165) is 0 Å². The number of nitrogens with two attached hydrogens (primary N) is 1. The van der Waals surface area contributed by atoms with Crippen LogP contribution in [-0.4, -0.2) is 12.5 Å². The molecule has 0 aliphatic carbocycles. The summed E-state index contributed by atoms with van der Waals surface area (Å²) >= 11 is 0. The van der Waals surface area contributed by atoms with Crippen molar-refractivity contribution in [3.8, 4) is 0 Å². The summed E-state index contributed by atoms with van der Waals surface area (Å²) in [6.45, 7) is -0.819. The third kappa shape index (κ3) is 6.42. The van der Waals surface area contributed by atoms with Gasteiger partial charge in [-0.1, -0.05) is 30.3 Å². The molecule has 2 aromatic rings. The van der Waals surface area contributed by atoms with Gasteiger partial charge in [-0.15, -0.1) is 12.4 Å². The van der Waals surface area contributed by atoms with Gasteiger partial charge >= 0.3 is 12.4 Å². The van der Waals surface area contributed by atoms with E-state index in [2.05, 4.69) is 0 Å². The van der Waals surface area contributed by atoms with E-state index in [4.69, 9.17) is 10.5 Å². The SMILES string of the molecule is Cl.NC(=O)C(COCc1cc(C(F)(F)F)cc(C(F)(F)F)c1)c1ccccc1. The Morgan fingerprint density at radius 2 is 1.43 bits per heavy atom. The van der Waals surface area contributed by atoms with E-state index in [1.165, 1.54) is 0 Å². The van der Waals surface area contributed by atoms with Crippen LogP contribution < -0.4 is 5.73 Å². The van der Waals surface area contributed by atoms with Gasteiger partial charge in [-0.25, -0.2) is 0 Å². The molecule has 1 amide bonds. The number of halogens is 7. The molecule has 0 aromatic heterocycles. The summed E-state index contributed by atoms with van der Waals surface area (Å²) in [5.74, 6) is -1.60. The van der Waals surface area contributed by atoms with E-state index >= 15 is 0 Å². The van der Waals surface area contributed by atoms with Crippen LogP contribution in [0, 0.1) is 0 Å². The summed E-state index contributed by atoms with van der Waals surface area (Å²) in [6, 6.07) is 9.47. The summed E-state index contributed by atoms with van der Waals surface area (Å²) in [6.07, 6.45) is -9.87. The van der Waals surface area contributed by atoms with E-state index in [-0.39, 0.29) is 30.6 Å². The number of ether oxygens (including phenoxy) is 1. The zero-order valence-corrected chi connectivity index (χ0v) is 15.0. The standard InChI is InChI=1S/C18H15F6NO2.ClH/c19-17(20,21)13-6-11(7-14(8-13)18(22,23)24)9-27-10-15(16(25)26)12-4-2-1-3-5-12;/h1-8,15H,9-10H2,(H2,25,26);1H. The third-order valence-electron chi connectivity index (χ3n) is 3.75. The Morgan fingerprint density at radius 3 is 1.86 bits per heavy atom. The number of carbonyl (C=O) groups is 1.